The molecular formula is C24H21N5O2. The van der Waals surface area contributed by atoms with Crippen molar-refractivity contribution in [2.75, 3.05) is 0 Å². The fourth-order valence-corrected chi connectivity index (χ4v) is 4.01. The number of benzene rings is 3. The lowest BCUT2D eigenvalue weighted by molar-refractivity contribution is 0.478. The van der Waals surface area contributed by atoms with Crippen molar-refractivity contribution in [2.24, 2.45) is 7.05 Å². The molecule has 7 nitrogen and oxygen atoms in total. The second kappa shape index (κ2) is 6.98. The average Bonchev–Trinajstić information content (AvgIpc) is 3.31. The van der Waals surface area contributed by atoms with Crippen molar-refractivity contribution in [2.45, 2.75) is 13.8 Å². The highest BCUT2D eigenvalue weighted by Gasteiger charge is 2.20. The van der Waals surface area contributed by atoms with E-state index < -0.39 is 0 Å². The molecular weight excluding hydrogens is 390 g/mol. The number of rotatable bonds is 3. The average molecular weight is 411 g/mol. The summed E-state index contributed by atoms with van der Waals surface area (Å²) in [7, 11) is 1.84. The van der Waals surface area contributed by atoms with Crippen LogP contribution in [0.1, 0.15) is 11.3 Å². The lowest BCUT2D eigenvalue weighted by atomic mass is 10.00. The monoisotopic (exact) mass is 411 g/mol. The summed E-state index contributed by atoms with van der Waals surface area (Å²) in [5.74, 6) is 0.120. The van der Waals surface area contributed by atoms with E-state index in [2.05, 4.69) is 16.4 Å². The summed E-state index contributed by atoms with van der Waals surface area (Å²) in [4.78, 5) is 13.3. The van der Waals surface area contributed by atoms with Crippen molar-refractivity contribution in [3.63, 3.8) is 0 Å². The van der Waals surface area contributed by atoms with E-state index in [0.717, 1.165) is 27.7 Å². The molecule has 0 spiro atoms. The summed E-state index contributed by atoms with van der Waals surface area (Å²) in [6.45, 7) is 3.90. The van der Waals surface area contributed by atoms with Crippen molar-refractivity contribution in [1.29, 1.82) is 0 Å². The molecule has 0 bridgehead atoms. The van der Waals surface area contributed by atoms with Gasteiger partial charge in [0.15, 0.2) is 5.69 Å². The Bertz CT molecular complexity index is 1490. The molecule has 7 heteroatoms. The molecule has 0 atom stereocenters. The Kier molecular flexibility index (Phi) is 4.25. The molecule has 0 fully saturated rings. The number of aromatic nitrogens is 5. The predicted octanol–water partition coefficient (Wildman–Crippen LogP) is 3.90. The summed E-state index contributed by atoms with van der Waals surface area (Å²) in [6, 6.07) is 19.0. The van der Waals surface area contributed by atoms with Crippen LogP contribution in [-0.4, -0.2) is 29.5 Å². The standard InChI is InChI=1S/C24H21N5O2/c1-15-9-11-19-17(13-15)10-12-21(30)22(19)20-14-28(26-25-20)23-16(2)27(3)29(24(23)31)18-7-5-4-6-8-18/h4-14,30H,1-3H3. The minimum atomic E-state index is -0.194. The maximum atomic E-state index is 13.3. The third-order valence-electron chi connectivity index (χ3n) is 5.66. The van der Waals surface area contributed by atoms with Gasteiger partial charge in [-0.1, -0.05) is 53.2 Å². The van der Waals surface area contributed by atoms with Crippen molar-refractivity contribution in [3.8, 4) is 28.4 Å². The van der Waals surface area contributed by atoms with Gasteiger partial charge in [0.1, 0.15) is 11.4 Å². The van der Waals surface area contributed by atoms with Gasteiger partial charge in [0.05, 0.1) is 23.1 Å². The van der Waals surface area contributed by atoms with E-state index in [-0.39, 0.29) is 11.3 Å². The van der Waals surface area contributed by atoms with Crippen LogP contribution in [0.2, 0.25) is 0 Å². The van der Waals surface area contributed by atoms with E-state index >= 15 is 0 Å². The van der Waals surface area contributed by atoms with Gasteiger partial charge in [-0.15, -0.1) is 5.10 Å². The molecule has 0 amide bonds. The third kappa shape index (κ3) is 2.93. The fraction of sp³-hybridized carbons (Fsp3) is 0.125. The Morgan fingerprint density at radius 2 is 1.74 bits per heavy atom. The first kappa shape index (κ1) is 18.9. The number of hydrogen-bond acceptors (Lipinski definition) is 4. The fourth-order valence-electron chi connectivity index (χ4n) is 4.01. The summed E-state index contributed by atoms with van der Waals surface area (Å²) in [5.41, 5.74) is 3.98. The molecule has 0 saturated heterocycles. The van der Waals surface area contributed by atoms with Gasteiger partial charge in [-0.3, -0.25) is 9.48 Å². The minimum absolute atomic E-state index is 0.120. The van der Waals surface area contributed by atoms with Gasteiger partial charge in [-0.05, 0) is 42.8 Å². The molecule has 2 heterocycles. The smallest absolute Gasteiger partial charge is 0.297 e. The maximum Gasteiger partial charge on any atom is 0.297 e. The third-order valence-corrected chi connectivity index (χ3v) is 5.66. The maximum absolute atomic E-state index is 13.3. The Balaban J connectivity index is 1.68. The van der Waals surface area contributed by atoms with Crippen LogP contribution in [0.5, 0.6) is 5.75 Å². The van der Waals surface area contributed by atoms with Crippen LogP contribution in [0.3, 0.4) is 0 Å². The van der Waals surface area contributed by atoms with Gasteiger partial charge in [0, 0.05) is 7.05 Å². The highest BCUT2D eigenvalue weighted by molar-refractivity contribution is 5.98. The minimum Gasteiger partial charge on any atom is -0.507 e. The first-order valence-corrected chi connectivity index (χ1v) is 9.95. The lowest BCUT2D eigenvalue weighted by Crippen LogP contribution is -2.21. The van der Waals surface area contributed by atoms with Crippen molar-refractivity contribution in [3.05, 3.63) is 88.5 Å². The number of phenols is 1. The van der Waals surface area contributed by atoms with Crippen molar-refractivity contribution < 1.29 is 5.11 Å². The number of hydrogen-bond donors (Lipinski definition) is 1. The number of fused-ring (bicyclic) bond motifs is 1. The SMILES string of the molecule is Cc1ccc2c(-c3cn(-c4c(C)n(C)n(-c5ccccc5)c4=O)nn3)c(O)ccc2c1. The second-order valence-electron chi connectivity index (χ2n) is 7.64. The van der Waals surface area contributed by atoms with Crippen LogP contribution in [0, 0.1) is 13.8 Å². The van der Waals surface area contributed by atoms with Gasteiger partial charge in [-0.25, -0.2) is 9.36 Å². The highest BCUT2D eigenvalue weighted by Crippen LogP contribution is 2.35. The molecule has 154 valence electrons. The van der Waals surface area contributed by atoms with Gasteiger partial charge < -0.3 is 5.11 Å². The zero-order valence-corrected chi connectivity index (χ0v) is 17.4. The molecule has 0 aliphatic rings. The van der Waals surface area contributed by atoms with E-state index in [1.165, 1.54) is 4.68 Å². The molecule has 5 aromatic rings. The van der Waals surface area contributed by atoms with E-state index in [9.17, 15) is 9.90 Å². The van der Waals surface area contributed by atoms with E-state index in [1.807, 2.05) is 69.4 Å². The van der Waals surface area contributed by atoms with Crippen molar-refractivity contribution in [1.82, 2.24) is 24.4 Å². The van der Waals surface area contributed by atoms with Gasteiger partial charge in [0.25, 0.3) is 5.56 Å². The van der Waals surface area contributed by atoms with Gasteiger partial charge in [0.2, 0.25) is 0 Å². The van der Waals surface area contributed by atoms with Crippen LogP contribution in [0.4, 0.5) is 0 Å². The first-order chi connectivity index (χ1) is 15.0. The predicted molar refractivity (Wildman–Crippen MR) is 120 cm³/mol. The van der Waals surface area contributed by atoms with E-state index in [4.69, 9.17) is 0 Å². The summed E-state index contributed by atoms with van der Waals surface area (Å²) in [6.07, 6.45) is 1.69. The number of aromatic hydroxyl groups is 1. The Hall–Kier alpha value is -4.13. The zero-order valence-electron chi connectivity index (χ0n) is 17.4. The summed E-state index contributed by atoms with van der Waals surface area (Å²) < 4.78 is 4.88. The lowest BCUT2D eigenvalue weighted by Gasteiger charge is -2.07. The zero-order chi connectivity index (χ0) is 21.7. The Morgan fingerprint density at radius 1 is 0.968 bits per heavy atom. The van der Waals surface area contributed by atoms with E-state index in [0.29, 0.717) is 16.9 Å². The molecule has 0 unspecified atom stereocenters. The Morgan fingerprint density at radius 3 is 2.52 bits per heavy atom. The number of nitrogens with zero attached hydrogens (tertiary/aromatic N) is 5. The van der Waals surface area contributed by atoms with Crippen LogP contribution >= 0.6 is 0 Å². The van der Waals surface area contributed by atoms with Crippen LogP contribution in [-0.2, 0) is 7.05 Å². The molecule has 0 aliphatic heterocycles. The van der Waals surface area contributed by atoms with Gasteiger partial charge in [-0.2, -0.15) is 0 Å². The molecule has 3 aromatic carbocycles. The summed E-state index contributed by atoms with van der Waals surface area (Å²) >= 11 is 0. The molecule has 1 N–H and O–H groups in total. The molecule has 31 heavy (non-hydrogen) atoms. The number of aryl methyl sites for hydroxylation is 1. The van der Waals surface area contributed by atoms with E-state index in [1.54, 1.807) is 21.6 Å². The van der Waals surface area contributed by atoms with Gasteiger partial charge >= 0.3 is 0 Å². The van der Waals surface area contributed by atoms with Crippen LogP contribution in [0.25, 0.3) is 33.4 Å². The summed E-state index contributed by atoms with van der Waals surface area (Å²) in [5, 5.41) is 21.0. The Labute approximate surface area is 178 Å². The molecule has 5 rings (SSSR count). The largest absolute Gasteiger partial charge is 0.507 e. The number of phenolic OH excluding ortho intramolecular Hbond substituents is 1. The highest BCUT2D eigenvalue weighted by atomic mass is 16.3. The van der Waals surface area contributed by atoms with Crippen LogP contribution < -0.4 is 5.56 Å². The first-order valence-electron chi connectivity index (χ1n) is 9.95. The normalized spacial score (nSPS) is 11.3. The number of para-hydroxylation sites is 1. The molecule has 0 aliphatic carbocycles. The molecule has 2 aromatic heterocycles. The topological polar surface area (TPSA) is 77.9 Å². The second-order valence-corrected chi connectivity index (χ2v) is 7.64. The van der Waals surface area contributed by atoms with Crippen LogP contribution in [0.15, 0.2) is 71.7 Å². The van der Waals surface area contributed by atoms with Crippen molar-refractivity contribution >= 4 is 10.8 Å². The quantitative estimate of drug-likeness (QED) is 0.488. The molecule has 0 radical (unpaired) electrons. The molecule has 0 saturated carbocycles.